The van der Waals surface area contributed by atoms with Gasteiger partial charge in [-0.1, -0.05) is 12.1 Å². The number of nitrogens with zero attached hydrogens (tertiary/aromatic N) is 1. The zero-order valence-corrected chi connectivity index (χ0v) is 18.9. The summed E-state index contributed by atoms with van der Waals surface area (Å²) in [5.41, 5.74) is 3.04. The highest BCUT2D eigenvalue weighted by Gasteiger charge is 2.15. The fourth-order valence-electron chi connectivity index (χ4n) is 3.55. The van der Waals surface area contributed by atoms with Gasteiger partial charge in [-0.15, -0.1) is 11.3 Å². The summed E-state index contributed by atoms with van der Waals surface area (Å²) >= 11 is 1.42. The van der Waals surface area contributed by atoms with Gasteiger partial charge in [-0.25, -0.2) is 0 Å². The molecule has 2 N–H and O–H groups in total. The van der Waals surface area contributed by atoms with E-state index in [1.54, 1.807) is 24.5 Å². The summed E-state index contributed by atoms with van der Waals surface area (Å²) in [5.74, 6) is 1.09. The smallest absolute Gasteiger partial charge is 0.261 e. The first kappa shape index (κ1) is 21.7. The lowest BCUT2D eigenvalue weighted by molar-refractivity contribution is 0.0954. The molecule has 4 aromatic rings. The number of pyridine rings is 1. The van der Waals surface area contributed by atoms with E-state index in [4.69, 9.17) is 9.47 Å². The molecule has 1 aliphatic rings. The van der Waals surface area contributed by atoms with Gasteiger partial charge in [0.2, 0.25) is 0 Å². The molecule has 0 spiro atoms. The highest BCUT2D eigenvalue weighted by molar-refractivity contribution is 7.17. The third-order valence-corrected chi connectivity index (χ3v) is 6.37. The van der Waals surface area contributed by atoms with E-state index in [2.05, 4.69) is 15.6 Å². The Morgan fingerprint density at radius 3 is 2.56 bits per heavy atom. The Balaban J connectivity index is 1.21. The molecule has 7 nitrogen and oxygen atoms in total. The number of fused-ring (bicyclic) bond motifs is 1. The number of aromatic nitrogens is 1. The van der Waals surface area contributed by atoms with Gasteiger partial charge in [0.15, 0.2) is 11.5 Å². The molecule has 0 aliphatic carbocycles. The molecular formula is C26H21N3O4S. The van der Waals surface area contributed by atoms with Crippen molar-refractivity contribution in [3.05, 3.63) is 95.1 Å². The fourth-order valence-corrected chi connectivity index (χ4v) is 4.47. The van der Waals surface area contributed by atoms with Gasteiger partial charge >= 0.3 is 0 Å². The van der Waals surface area contributed by atoms with Gasteiger partial charge in [-0.3, -0.25) is 14.6 Å². The van der Waals surface area contributed by atoms with Gasteiger partial charge in [-0.2, -0.15) is 0 Å². The van der Waals surface area contributed by atoms with E-state index < -0.39 is 0 Å². The van der Waals surface area contributed by atoms with E-state index in [-0.39, 0.29) is 11.8 Å². The second-order valence-corrected chi connectivity index (χ2v) is 8.68. The summed E-state index contributed by atoms with van der Waals surface area (Å²) < 4.78 is 11.2. The van der Waals surface area contributed by atoms with E-state index in [1.807, 2.05) is 54.6 Å². The Labute approximate surface area is 200 Å². The standard InChI is InChI=1S/C26H21N3O4S/c30-25(18-8-10-27-11-9-18)29-20-3-1-2-17(14-20)16-28-26(31)24-7-6-23(34-24)19-4-5-21-22(15-19)33-13-12-32-21/h1-11,14-15H,12-13,16H2,(H,28,31)(H,29,30). The zero-order valence-electron chi connectivity index (χ0n) is 18.1. The number of rotatable bonds is 6. The third-order valence-electron chi connectivity index (χ3n) is 5.24. The molecule has 8 heteroatoms. The van der Waals surface area contributed by atoms with Crippen molar-refractivity contribution in [3.63, 3.8) is 0 Å². The lowest BCUT2D eigenvalue weighted by Crippen LogP contribution is -2.21. The van der Waals surface area contributed by atoms with Crippen LogP contribution in [0.25, 0.3) is 10.4 Å². The Morgan fingerprint density at radius 1 is 0.882 bits per heavy atom. The van der Waals surface area contributed by atoms with Gasteiger partial charge in [0.25, 0.3) is 11.8 Å². The Kier molecular flexibility index (Phi) is 6.22. The SMILES string of the molecule is O=C(Nc1cccc(CNC(=O)c2ccc(-c3ccc4c(c3)OCCO4)s2)c1)c1ccncc1. The summed E-state index contributed by atoms with van der Waals surface area (Å²) in [7, 11) is 0. The number of hydrogen-bond acceptors (Lipinski definition) is 6. The summed E-state index contributed by atoms with van der Waals surface area (Å²) in [6.07, 6.45) is 3.15. The summed E-state index contributed by atoms with van der Waals surface area (Å²) in [4.78, 5) is 30.6. The van der Waals surface area contributed by atoms with Gasteiger partial charge in [0.1, 0.15) is 13.2 Å². The molecule has 0 radical (unpaired) electrons. The van der Waals surface area contributed by atoms with Crippen molar-refractivity contribution in [2.75, 3.05) is 18.5 Å². The number of nitrogens with one attached hydrogen (secondary N) is 2. The van der Waals surface area contributed by atoms with Crippen LogP contribution >= 0.6 is 11.3 Å². The summed E-state index contributed by atoms with van der Waals surface area (Å²) in [6, 6.07) is 20.2. The Morgan fingerprint density at radius 2 is 1.71 bits per heavy atom. The van der Waals surface area contributed by atoms with E-state index >= 15 is 0 Å². The van der Waals surface area contributed by atoms with Crippen LogP contribution in [-0.2, 0) is 6.54 Å². The van der Waals surface area contributed by atoms with Crippen molar-refractivity contribution in [1.82, 2.24) is 10.3 Å². The number of thiophene rings is 1. The van der Waals surface area contributed by atoms with Crippen LogP contribution in [-0.4, -0.2) is 30.0 Å². The molecule has 0 fully saturated rings. The van der Waals surface area contributed by atoms with Gasteiger partial charge in [0, 0.05) is 35.1 Å². The number of ether oxygens (including phenoxy) is 2. The molecule has 0 saturated heterocycles. The molecule has 2 aromatic heterocycles. The molecule has 5 rings (SSSR count). The number of amides is 2. The highest BCUT2D eigenvalue weighted by atomic mass is 32.1. The molecule has 170 valence electrons. The van der Waals surface area contributed by atoms with Crippen molar-refractivity contribution in [2.24, 2.45) is 0 Å². The molecular weight excluding hydrogens is 450 g/mol. The van der Waals surface area contributed by atoms with Crippen LogP contribution < -0.4 is 20.1 Å². The van der Waals surface area contributed by atoms with Gasteiger partial charge in [-0.05, 0) is 65.7 Å². The average Bonchev–Trinajstić information content (AvgIpc) is 3.38. The minimum absolute atomic E-state index is 0.153. The van der Waals surface area contributed by atoms with Crippen LogP contribution in [0.2, 0.25) is 0 Å². The number of carbonyl (C=O) groups is 2. The van der Waals surface area contributed by atoms with Crippen LogP contribution in [0.15, 0.2) is 79.1 Å². The molecule has 0 bridgehead atoms. The molecule has 1 aliphatic heterocycles. The normalized spacial score (nSPS) is 12.1. The molecule has 2 aromatic carbocycles. The number of anilines is 1. The van der Waals surface area contributed by atoms with E-state index in [1.165, 1.54) is 11.3 Å². The van der Waals surface area contributed by atoms with Crippen molar-refractivity contribution in [1.29, 1.82) is 0 Å². The van der Waals surface area contributed by atoms with E-state index in [0.29, 0.717) is 35.9 Å². The molecule has 3 heterocycles. The van der Waals surface area contributed by atoms with Crippen LogP contribution in [0.3, 0.4) is 0 Å². The summed E-state index contributed by atoms with van der Waals surface area (Å²) in [5, 5.41) is 5.81. The first-order chi connectivity index (χ1) is 16.7. The predicted octanol–water partition coefficient (Wildman–Crippen LogP) is 4.76. The maximum absolute atomic E-state index is 12.7. The third kappa shape index (κ3) is 4.92. The topological polar surface area (TPSA) is 89.6 Å². The number of carbonyl (C=O) groups excluding carboxylic acids is 2. The minimum Gasteiger partial charge on any atom is -0.486 e. The first-order valence-corrected chi connectivity index (χ1v) is 11.6. The highest BCUT2D eigenvalue weighted by Crippen LogP contribution is 2.36. The van der Waals surface area contributed by atoms with Crippen molar-refractivity contribution in [3.8, 4) is 21.9 Å². The molecule has 0 saturated carbocycles. The van der Waals surface area contributed by atoms with Crippen molar-refractivity contribution >= 4 is 28.8 Å². The summed E-state index contributed by atoms with van der Waals surface area (Å²) in [6.45, 7) is 1.42. The van der Waals surface area contributed by atoms with Crippen LogP contribution in [0.4, 0.5) is 5.69 Å². The van der Waals surface area contributed by atoms with Gasteiger partial charge in [0.05, 0.1) is 4.88 Å². The Bertz CT molecular complexity index is 1340. The monoisotopic (exact) mass is 471 g/mol. The minimum atomic E-state index is -0.214. The number of hydrogen-bond donors (Lipinski definition) is 2. The van der Waals surface area contributed by atoms with Crippen LogP contribution in [0, 0.1) is 0 Å². The number of benzene rings is 2. The first-order valence-electron chi connectivity index (χ1n) is 10.7. The quantitative estimate of drug-likeness (QED) is 0.423. The van der Waals surface area contributed by atoms with Crippen LogP contribution in [0.1, 0.15) is 25.6 Å². The second kappa shape index (κ2) is 9.76. The van der Waals surface area contributed by atoms with Crippen molar-refractivity contribution in [2.45, 2.75) is 6.54 Å². The lowest BCUT2D eigenvalue weighted by atomic mass is 10.1. The lowest BCUT2D eigenvalue weighted by Gasteiger charge is -2.18. The maximum Gasteiger partial charge on any atom is 0.261 e. The van der Waals surface area contributed by atoms with Crippen LogP contribution in [0.5, 0.6) is 11.5 Å². The maximum atomic E-state index is 12.7. The van der Waals surface area contributed by atoms with Crippen molar-refractivity contribution < 1.29 is 19.1 Å². The fraction of sp³-hybridized carbons (Fsp3) is 0.115. The van der Waals surface area contributed by atoms with E-state index in [9.17, 15) is 9.59 Å². The Hall–Kier alpha value is -4.17. The molecule has 34 heavy (non-hydrogen) atoms. The largest absolute Gasteiger partial charge is 0.486 e. The molecule has 0 unspecified atom stereocenters. The molecule has 0 atom stereocenters. The molecule has 2 amide bonds. The van der Waals surface area contributed by atoms with E-state index in [0.717, 1.165) is 27.5 Å². The van der Waals surface area contributed by atoms with Gasteiger partial charge < -0.3 is 20.1 Å². The average molecular weight is 472 g/mol. The zero-order chi connectivity index (χ0) is 23.3. The second-order valence-electron chi connectivity index (χ2n) is 7.60. The predicted molar refractivity (Wildman–Crippen MR) is 131 cm³/mol.